The molecule has 0 bridgehead atoms. The van der Waals surface area contributed by atoms with Crippen molar-refractivity contribution >= 4 is 56.4 Å². The molecule has 7 nitrogen and oxygen atoms in total. The molecule has 4 aromatic rings. The third-order valence-electron chi connectivity index (χ3n) is 3.77. The van der Waals surface area contributed by atoms with Crippen molar-refractivity contribution in [3.05, 3.63) is 63.4 Å². The molecule has 0 radical (unpaired) electrons. The van der Waals surface area contributed by atoms with E-state index in [0.717, 1.165) is 15.6 Å². The number of aryl methyl sites for hydroxylation is 1. The van der Waals surface area contributed by atoms with E-state index in [2.05, 4.69) is 25.8 Å². The van der Waals surface area contributed by atoms with Crippen molar-refractivity contribution in [2.45, 2.75) is 17.1 Å². The lowest BCUT2D eigenvalue weighted by Gasteiger charge is -2.04. The van der Waals surface area contributed by atoms with E-state index in [0.29, 0.717) is 26.9 Å². The number of rotatable bonds is 5. The van der Waals surface area contributed by atoms with Gasteiger partial charge in [-0.15, -0.1) is 15.3 Å². The normalized spacial score (nSPS) is 11.0. The van der Waals surface area contributed by atoms with E-state index in [1.165, 1.54) is 27.8 Å². The first-order valence-corrected chi connectivity index (χ1v) is 10.1. The van der Waals surface area contributed by atoms with E-state index in [1.807, 2.05) is 37.3 Å². The predicted molar refractivity (Wildman–Crippen MR) is 109 cm³/mol. The lowest BCUT2D eigenvalue weighted by molar-refractivity contribution is 0.644. The molecule has 27 heavy (non-hydrogen) atoms. The number of fused-ring (bicyclic) bond motifs is 1. The number of benzene rings is 2. The first-order chi connectivity index (χ1) is 13.1. The molecule has 2 heterocycles. The van der Waals surface area contributed by atoms with Crippen LogP contribution in [0.25, 0.3) is 10.9 Å². The van der Waals surface area contributed by atoms with Crippen molar-refractivity contribution in [1.29, 1.82) is 0 Å². The van der Waals surface area contributed by atoms with Gasteiger partial charge in [0.25, 0.3) is 5.56 Å². The lowest BCUT2D eigenvalue weighted by atomic mass is 10.2. The predicted octanol–water partition coefficient (Wildman–Crippen LogP) is 4.10. The molecule has 10 heteroatoms. The Kier molecular flexibility index (Phi) is 5.06. The summed E-state index contributed by atoms with van der Waals surface area (Å²) in [6.45, 7) is 1.95. The Labute approximate surface area is 167 Å². The molecule has 4 rings (SSSR count). The maximum absolute atomic E-state index is 12.4. The van der Waals surface area contributed by atoms with E-state index in [-0.39, 0.29) is 5.56 Å². The zero-order valence-corrected chi connectivity index (χ0v) is 16.5. The van der Waals surface area contributed by atoms with E-state index in [4.69, 9.17) is 11.6 Å². The Morgan fingerprint density at radius 1 is 1.19 bits per heavy atom. The largest absolute Gasteiger partial charge is 0.330 e. The number of thioether (sulfide) groups is 1. The number of halogens is 1. The number of aromatic nitrogens is 5. The second-order valence-corrected chi connectivity index (χ2v) is 8.22. The van der Waals surface area contributed by atoms with Crippen LogP contribution in [0.4, 0.5) is 10.8 Å². The molecule has 136 valence electrons. The van der Waals surface area contributed by atoms with Gasteiger partial charge in [-0.25, -0.2) is 0 Å². The summed E-state index contributed by atoms with van der Waals surface area (Å²) >= 11 is 8.90. The summed E-state index contributed by atoms with van der Waals surface area (Å²) in [5.74, 6) is 0.307. The average Bonchev–Trinajstić information content (AvgIpc) is 3.12. The maximum atomic E-state index is 12.4. The maximum Gasteiger partial charge on any atom is 0.278 e. The van der Waals surface area contributed by atoms with Crippen molar-refractivity contribution in [1.82, 2.24) is 25.2 Å². The quantitative estimate of drug-likeness (QED) is 0.490. The Hall–Kier alpha value is -2.49. The molecule has 0 fully saturated rings. The third-order valence-corrected chi connectivity index (χ3v) is 6.12. The molecule has 0 atom stereocenters. The van der Waals surface area contributed by atoms with E-state index < -0.39 is 0 Å². The molecule has 2 aromatic heterocycles. The minimum atomic E-state index is -0.176. The van der Waals surface area contributed by atoms with Crippen LogP contribution in [0.2, 0.25) is 5.02 Å². The highest BCUT2D eigenvalue weighted by molar-refractivity contribution is 8.00. The number of nitrogens with one attached hydrogen (secondary N) is 1. The summed E-state index contributed by atoms with van der Waals surface area (Å²) in [4.78, 5) is 12.4. The van der Waals surface area contributed by atoms with E-state index in [9.17, 15) is 4.79 Å². The van der Waals surface area contributed by atoms with Crippen LogP contribution in [0, 0.1) is 6.92 Å². The van der Waals surface area contributed by atoms with Crippen molar-refractivity contribution in [3.8, 4) is 0 Å². The summed E-state index contributed by atoms with van der Waals surface area (Å²) in [6, 6.07) is 12.9. The van der Waals surface area contributed by atoms with Gasteiger partial charge < -0.3 is 5.32 Å². The van der Waals surface area contributed by atoms with Crippen LogP contribution in [0.1, 0.15) is 5.56 Å². The summed E-state index contributed by atoms with van der Waals surface area (Å²) in [5.41, 5.74) is 2.26. The topological polar surface area (TPSA) is 85.6 Å². The average molecular weight is 417 g/mol. The molecule has 1 N–H and O–H groups in total. The molecular formula is C17H13ClN6OS2. The molecule has 0 aliphatic heterocycles. The van der Waals surface area contributed by atoms with Crippen LogP contribution < -0.4 is 10.9 Å². The van der Waals surface area contributed by atoms with Crippen LogP contribution in [0.3, 0.4) is 0 Å². The molecule has 0 saturated carbocycles. The zero-order valence-electron chi connectivity index (χ0n) is 14.1. The SMILES string of the molecule is Cc1ccc(Nc2nnc(SCn3nnc4ccccc4c3=O)s2)cc1Cl. The van der Waals surface area contributed by atoms with Gasteiger partial charge in [0.1, 0.15) is 5.52 Å². The van der Waals surface area contributed by atoms with Crippen molar-refractivity contribution in [2.75, 3.05) is 5.32 Å². The van der Waals surface area contributed by atoms with Gasteiger partial charge in [0.05, 0.1) is 11.3 Å². The van der Waals surface area contributed by atoms with E-state index >= 15 is 0 Å². The summed E-state index contributed by atoms with van der Waals surface area (Å²) in [6.07, 6.45) is 0. The fraction of sp³-hybridized carbons (Fsp3) is 0.118. The molecule has 2 aromatic carbocycles. The van der Waals surface area contributed by atoms with Gasteiger partial charge in [-0.3, -0.25) is 4.79 Å². The second kappa shape index (κ2) is 7.63. The highest BCUT2D eigenvalue weighted by atomic mass is 35.5. The smallest absolute Gasteiger partial charge is 0.278 e. The first kappa shape index (κ1) is 17.9. The Balaban J connectivity index is 1.46. The fourth-order valence-electron chi connectivity index (χ4n) is 2.34. The first-order valence-electron chi connectivity index (χ1n) is 7.92. The fourth-order valence-corrected chi connectivity index (χ4v) is 4.15. The second-order valence-electron chi connectivity index (χ2n) is 5.65. The minimum absolute atomic E-state index is 0.176. The molecular weight excluding hydrogens is 404 g/mol. The van der Waals surface area contributed by atoms with Gasteiger partial charge in [0.15, 0.2) is 4.34 Å². The lowest BCUT2D eigenvalue weighted by Crippen LogP contribution is -2.23. The summed E-state index contributed by atoms with van der Waals surface area (Å²) < 4.78 is 2.04. The van der Waals surface area contributed by atoms with Crippen LogP contribution in [-0.4, -0.2) is 25.2 Å². The Bertz CT molecular complexity index is 1180. The molecule has 0 saturated heterocycles. The Morgan fingerprint density at radius 2 is 2.04 bits per heavy atom. The van der Waals surface area contributed by atoms with Crippen LogP contribution in [0.15, 0.2) is 51.6 Å². The molecule has 0 spiro atoms. The van der Waals surface area contributed by atoms with Crippen LogP contribution in [0.5, 0.6) is 0 Å². The molecule has 0 aliphatic rings. The summed E-state index contributed by atoms with van der Waals surface area (Å²) in [5, 5.41) is 21.4. The number of hydrogen-bond donors (Lipinski definition) is 1. The van der Waals surface area contributed by atoms with Crippen LogP contribution >= 0.6 is 34.7 Å². The van der Waals surface area contributed by atoms with E-state index in [1.54, 1.807) is 12.1 Å². The Morgan fingerprint density at radius 3 is 2.89 bits per heavy atom. The number of hydrogen-bond acceptors (Lipinski definition) is 8. The van der Waals surface area contributed by atoms with Gasteiger partial charge in [0, 0.05) is 10.7 Å². The van der Waals surface area contributed by atoms with Crippen LogP contribution in [-0.2, 0) is 5.88 Å². The van der Waals surface area contributed by atoms with Crippen molar-refractivity contribution < 1.29 is 0 Å². The van der Waals surface area contributed by atoms with Gasteiger partial charge in [-0.1, -0.05) is 58.1 Å². The number of nitrogens with zero attached hydrogens (tertiary/aromatic N) is 5. The van der Waals surface area contributed by atoms with Crippen molar-refractivity contribution in [2.24, 2.45) is 0 Å². The minimum Gasteiger partial charge on any atom is -0.330 e. The van der Waals surface area contributed by atoms with Crippen molar-refractivity contribution in [3.63, 3.8) is 0 Å². The molecule has 0 aliphatic carbocycles. The number of anilines is 2. The van der Waals surface area contributed by atoms with Gasteiger partial charge in [-0.2, -0.15) is 4.68 Å². The zero-order chi connectivity index (χ0) is 18.8. The summed E-state index contributed by atoms with van der Waals surface area (Å²) in [7, 11) is 0. The van der Waals surface area contributed by atoms with Gasteiger partial charge in [0.2, 0.25) is 5.13 Å². The molecule has 0 unspecified atom stereocenters. The third kappa shape index (κ3) is 3.95. The molecule has 0 amide bonds. The monoisotopic (exact) mass is 416 g/mol. The highest BCUT2D eigenvalue weighted by Crippen LogP contribution is 2.29. The van der Waals surface area contributed by atoms with Gasteiger partial charge >= 0.3 is 0 Å². The highest BCUT2D eigenvalue weighted by Gasteiger charge is 2.09. The standard InChI is InChI=1S/C17H13ClN6OS2/c1-10-6-7-11(8-13(10)18)19-16-21-22-17(27-16)26-9-24-15(25)12-4-2-3-5-14(12)20-23-24/h2-8H,9H2,1H3,(H,19,21). The van der Waals surface area contributed by atoms with Gasteiger partial charge in [-0.05, 0) is 36.8 Å².